The number of pyridine rings is 2. The van der Waals surface area contributed by atoms with Gasteiger partial charge in [0.15, 0.2) is 5.78 Å². The number of Topliss-reactive ketones (excluding diaryl/α,β-unsaturated/α-hetero) is 1. The third-order valence-electron chi connectivity index (χ3n) is 3.55. The number of halogens is 1. The van der Waals surface area contributed by atoms with Crippen molar-refractivity contribution >= 4 is 42.6 Å². The molecule has 0 radical (unpaired) electrons. The van der Waals surface area contributed by atoms with Crippen LogP contribution in [-0.4, -0.2) is 37.0 Å². The number of carbonyl (C=O) groups excluding carboxylic acids is 1. The second-order valence-electron chi connectivity index (χ2n) is 5.47. The molecule has 0 saturated carbocycles. The zero-order valence-corrected chi connectivity index (χ0v) is 15.6. The zero-order valence-electron chi connectivity index (χ0n) is 13.2. The number of aromatic nitrogens is 2. The van der Waals surface area contributed by atoms with Gasteiger partial charge in [-0.05, 0) is 24.3 Å². The Hall–Kier alpha value is -2.16. The summed E-state index contributed by atoms with van der Waals surface area (Å²) in [7, 11) is -3.45. The number of nitrogens with zero attached hydrogens (tertiary/aromatic N) is 2. The van der Waals surface area contributed by atoms with Crippen LogP contribution in [0.3, 0.4) is 0 Å². The second kappa shape index (κ2) is 6.99. The topological polar surface area (TPSA) is 89.0 Å². The number of sulfonamides is 1. The van der Waals surface area contributed by atoms with E-state index in [1.807, 2.05) is 24.3 Å². The van der Waals surface area contributed by atoms with E-state index in [2.05, 4.69) is 30.6 Å². The highest BCUT2D eigenvalue weighted by molar-refractivity contribution is 9.10. The van der Waals surface area contributed by atoms with Gasteiger partial charge in [-0.1, -0.05) is 28.1 Å². The molecular weight excluding hydrogens is 406 g/mol. The molecule has 0 unspecified atom stereocenters. The number of fused-ring (bicyclic) bond motifs is 1. The Balaban J connectivity index is 2.09. The molecule has 0 aliphatic rings. The van der Waals surface area contributed by atoms with Crippen LogP contribution in [-0.2, 0) is 10.0 Å². The monoisotopic (exact) mass is 419 g/mol. The molecule has 0 amide bonds. The van der Waals surface area contributed by atoms with Crippen molar-refractivity contribution in [1.29, 1.82) is 0 Å². The molecule has 6 nitrogen and oxygen atoms in total. The molecule has 0 fully saturated rings. The van der Waals surface area contributed by atoms with Gasteiger partial charge in [-0.25, -0.2) is 18.1 Å². The van der Waals surface area contributed by atoms with Gasteiger partial charge in [0.2, 0.25) is 10.0 Å². The molecule has 8 heteroatoms. The second-order valence-corrected chi connectivity index (χ2v) is 8.22. The molecule has 1 aromatic carbocycles. The summed E-state index contributed by atoms with van der Waals surface area (Å²) in [5.41, 5.74) is 2.49. The molecule has 128 valence electrons. The lowest BCUT2D eigenvalue weighted by atomic mass is 10.0. The normalized spacial score (nSPS) is 11.6. The van der Waals surface area contributed by atoms with E-state index in [0.717, 1.165) is 16.3 Å². The number of benzene rings is 1. The van der Waals surface area contributed by atoms with Crippen molar-refractivity contribution in [3.63, 3.8) is 0 Å². The molecule has 3 rings (SSSR count). The summed E-state index contributed by atoms with van der Waals surface area (Å²) in [6.07, 6.45) is 4.17. The molecule has 2 heterocycles. The molecule has 25 heavy (non-hydrogen) atoms. The van der Waals surface area contributed by atoms with Gasteiger partial charge in [-0.2, -0.15) is 0 Å². The van der Waals surface area contributed by atoms with Crippen LogP contribution in [0.15, 0.2) is 53.3 Å². The molecular formula is C17H14BrN3O3S. The quantitative estimate of drug-likeness (QED) is 0.642. The van der Waals surface area contributed by atoms with E-state index < -0.39 is 10.0 Å². The summed E-state index contributed by atoms with van der Waals surface area (Å²) < 4.78 is 25.7. The minimum atomic E-state index is -3.45. The van der Waals surface area contributed by atoms with Gasteiger partial charge in [0.1, 0.15) is 0 Å². The molecule has 0 bridgehead atoms. The Bertz CT molecular complexity index is 1050. The first-order valence-electron chi connectivity index (χ1n) is 7.32. The van der Waals surface area contributed by atoms with Gasteiger partial charge >= 0.3 is 0 Å². The van der Waals surface area contributed by atoms with E-state index in [0.29, 0.717) is 22.2 Å². The summed E-state index contributed by atoms with van der Waals surface area (Å²) in [6.45, 7) is -0.313. The maximum Gasteiger partial charge on any atom is 0.209 e. The van der Waals surface area contributed by atoms with E-state index in [9.17, 15) is 13.2 Å². The van der Waals surface area contributed by atoms with E-state index in [4.69, 9.17) is 0 Å². The number of hydrogen-bond acceptors (Lipinski definition) is 5. The highest BCUT2D eigenvalue weighted by atomic mass is 79.9. The van der Waals surface area contributed by atoms with Gasteiger partial charge in [0.05, 0.1) is 24.0 Å². The first-order valence-corrected chi connectivity index (χ1v) is 10.0. The molecule has 0 spiro atoms. The molecule has 0 atom stereocenters. The van der Waals surface area contributed by atoms with Crippen molar-refractivity contribution in [2.75, 3.05) is 12.8 Å². The Morgan fingerprint density at radius 2 is 1.92 bits per heavy atom. The van der Waals surface area contributed by atoms with Crippen LogP contribution in [0.4, 0.5) is 0 Å². The van der Waals surface area contributed by atoms with Crippen LogP contribution < -0.4 is 4.72 Å². The van der Waals surface area contributed by atoms with Crippen molar-refractivity contribution in [3.05, 3.63) is 58.8 Å². The maximum absolute atomic E-state index is 12.6. The van der Waals surface area contributed by atoms with Crippen molar-refractivity contribution < 1.29 is 13.2 Å². The average Bonchev–Trinajstić information content (AvgIpc) is 2.58. The molecule has 2 aromatic heterocycles. The van der Waals surface area contributed by atoms with Crippen LogP contribution in [0, 0.1) is 0 Å². The maximum atomic E-state index is 12.6. The minimum absolute atomic E-state index is 0.313. The van der Waals surface area contributed by atoms with Crippen molar-refractivity contribution in [2.45, 2.75) is 0 Å². The van der Waals surface area contributed by atoms with Crippen LogP contribution in [0.2, 0.25) is 0 Å². The number of rotatable bonds is 5. The molecule has 1 N–H and O–H groups in total. The van der Waals surface area contributed by atoms with Crippen LogP contribution in [0.1, 0.15) is 10.4 Å². The van der Waals surface area contributed by atoms with Crippen molar-refractivity contribution in [1.82, 2.24) is 14.7 Å². The fraction of sp³-hybridized carbons (Fsp3) is 0.118. The van der Waals surface area contributed by atoms with Gasteiger partial charge in [0.25, 0.3) is 0 Å². The summed E-state index contributed by atoms with van der Waals surface area (Å²) in [5.74, 6) is -0.343. The fourth-order valence-corrected chi connectivity index (χ4v) is 3.02. The smallest absolute Gasteiger partial charge is 0.209 e. The predicted octanol–water partition coefficient (Wildman–Crippen LogP) is 2.79. The van der Waals surface area contributed by atoms with Crippen molar-refractivity contribution in [2.24, 2.45) is 0 Å². The Labute approximate surface area is 153 Å². The van der Waals surface area contributed by atoms with Crippen LogP contribution >= 0.6 is 15.9 Å². The average molecular weight is 420 g/mol. The fourth-order valence-electron chi connectivity index (χ4n) is 2.36. The molecule has 3 aromatic rings. The molecule has 0 aliphatic heterocycles. The third kappa shape index (κ3) is 4.28. The highest BCUT2D eigenvalue weighted by Gasteiger charge is 2.15. The molecule has 0 aliphatic carbocycles. The lowest BCUT2D eigenvalue weighted by Gasteiger charge is -2.09. The first-order chi connectivity index (χ1) is 11.8. The standard InChI is InChI=1S/C17H14BrN3O3S/c1-25(23,24)20-10-17(22)13-8-16(11-2-4-12(18)5-3-11)21-15-6-7-19-9-14(13)15/h2-9,20H,10H2,1H3. The number of nitrogens with one attached hydrogen (secondary N) is 1. The Morgan fingerprint density at radius 3 is 2.60 bits per heavy atom. The van der Waals surface area contributed by atoms with Gasteiger partial charge < -0.3 is 0 Å². The SMILES string of the molecule is CS(=O)(=O)NCC(=O)c1cc(-c2ccc(Br)cc2)nc2ccncc12. The molecule has 0 saturated heterocycles. The van der Waals surface area contributed by atoms with Crippen LogP contribution in [0.25, 0.3) is 22.2 Å². The Morgan fingerprint density at radius 1 is 1.20 bits per heavy atom. The van der Waals surface area contributed by atoms with E-state index >= 15 is 0 Å². The van der Waals surface area contributed by atoms with Gasteiger partial charge in [-0.15, -0.1) is 0 Å². The third-order valence-corrected chi connectivity index (χ3v) is 4.74. The number of ketones is 1. The van der Waals surface area contributed by atoms with Crippen molar-refractivity contribution in [3.8, 4) is 11.3 Å². The predicted molar refractivity (Wildman–Crippen MR) is 99.9 cm³/mol. The first kappa shape index (κ1) is 17.7. The number of hydrogen-bond donors (Lipinski definition) is 1. The van der Waals surface area contributed by atoms with Gasteiger partial charge in [0, 0.05) is 33.4 Å². The summed E-state index contributed by atoms with van der Waals surface area (Å²) >= 11 is 3.39. The Kier molecular flexibility index (Phi) is 4.94. The lowest BCUT2D eigenvalue weighted by Crippen LogP contribution is -2.28. The summed E-state index contributed by atoms with van der Waals surface area (Å²) in [6, 6.07) is 10.9. The largest absolute Gasteiger partial charge is 0.293 e. The summed E-state index contributed by atoms with van der Waals surface area (Å²) in [4.78, 5) is 21.2. The van der Waals surface area contributed by atoms with Gasteiger partial charge in [-0.3, -0.25) is 9.78 Å². The lowest BCUT2D eigenvalue weighted by molar-refractivity contribution is 0.0998. The minimum Gasteiger partial charge on any atom is -0.293 e. The highest BCUT2D eigenvalue weighted by Crippen LogP contribution is 2.25. The van der Waals surface area contributed by atoms with Crippen LogP contribution in [0.5, 0.6) is 0 Å². The van der Waals surface area contributed by atoms with E-state index in [1.165, 1.54) is 0 Å². The zero-order chi connectivity index (χ0) is 18.0. The van der Waals surface area contributed by atoms with E-state index in [-0.39, 0.29) is 12.3 Å². The number of carbonyl (C=O) groups is 1. The summed E-state index contributed by atoms with van der Waals surface area (Å²) in [5, 5.41) is 0.587. The van der Waals surface area contributed by atoms with E-state index in [1.54, 1.807) is 24.5 Å².